The molecular weight excluding hydrogens is 758 g/mol. The van der Waals surface area contributed by atoms with Crippen LogP contribution >= 0.6 is 0 Å². The molecule has 0 saturated carbocycles. The van der Waals surface area contributed by atoms with Crippen molar-refractivity contribution < 1.29 is 46.9 Å². The molecule has 0 radical (unpaired) electrons. The zero-order chi connectivity index (χ0) is 41.5. The minimum absolute atomic E-state index is 0.0305. The highest BCUT2D eigenvalue weighted by Crippen LogP contribution is 2.42. The summed E-state index contributed by atoms with van der Waals surface area (Å²) in [4.78, 5) is 68.4. The van der Waals surface area contributed by atoms with Crippen molar-refractivity contribution in [3.8, 4) is 28.1 Å². The van der Waals surface area contributed by atoms with E-state index in [0.29, 0.717) is 36.1 Å². The summed E-state index contributed by atoms with van der Waals surface area (Å²) in [5.74, 6) is 0.631. The Morgan fingerprint density at radius 3 is 2.36 bits per heavy atom. The number of amides is 4. The van der Waals surface area contributed by atoms with E-state index in [1.54, 1.807) is 18.0 Å². The standard InChI is InChI=1S/C40H46F2N8O8/c1-6-23(3)50(36(52)16-45-40(54)56-5)19-34-46-30-10-8-24-12-29-27-9-7-25(11-26(27)21-57-32(29)13-28(24)37(30)48-34)31-14-43-33(47-31)18-49(17-22(2)20-58-38(41)42)35(51)15-44-39(53)55-4/h7-14,22-23,38H,6,15-21H2,1-5H3,(H,43,47)(H,44,53)(H,45,54)(H,46,48)/t22-,23-/m0/s1. The van der Waals surface area contributed by atoms with Crippen molar-refractivity contribution in [1.29, 1.82) is 0 Å². The van der Waals surface area contributed by atoms with E-state index < -0.39 is 30.6 Å². The fraction of sp³-hybridized carbons (Fsp3) is 0.400. The number of nitrogens with zero attached hydrogens (tertiary/aromatic N) is 4. The van der Waals surface area contributed by atoms with Crippen LogP contribution in [0.15, 0.2) is 48.7 Å². The van der Waals surface area contributed by atoms with E-state index in [2.05, 4.69) is 45.9 Å². The Hall–Kier alpha value is -6.30. The molecule has 2 atom stereocenters. The van der Waals surface area contributed by atoms with E-state index in [-0.39, 0.29) is 51.3 Å². The molecule has 6 rings (SSSR count). The second-order valence-electron chi connectivity index (χ2n) is 14.1. The molecule has 0 fully saturated rings. The van der Waals surface area contributed by atoms with Gasteiger partial charge in [0.05, 0.1) is 56.8 Å². The number of fused-ring (bicyclic) bond motifs is 6. The average Bonchev–Trinajstić information content (AvgIpc) is 3.88. The Bertz CT molecular complexity index is 2300. The van der Waals surface area contributed by atoms with Gasteiger partial charge in [0.15, 0.2) is 0 Å². The number of carbonyl (C=O) groups is 4. The lowest BCUT2D eigenvalue weighted by Crippen LogP contribution is -2.44. The zero-order valence-corrected chi connectivity index (χ0v) is 32.8. The average molecular weight is 805 g/mol. The number of ether oxygens (including phenoxy) is 4. The minimum Gasteiger partial charge on any atom is -0.488 e. The first-order valence-electron chi connectivity index (χ1n) is 18.7. The SMILES string of the molecule is CC[C@H](C)N(Cc1nc2c(ccc3cc4c(cc32)OCc2cc(-c3cnc(CN(C[C@H](C)COC(F)F)C(=O)CNC(=O)OC)[nH]3)ccc2-4)[nH]1)C(=O)CNC(=O)OC. The van der Waals surface area contributed by atoms with Crippen molar-refractivity contribution >= 4 is 45.8 Å². The Morgan fingerprint density at radius 1 is 0.914 bits per heavy atom. The molecule has 4 N–H and O–H groups in total. The monoisotopic (exact) mass is 804 g/mol. The third-order valence-electron chi connectivity index (χ3n) is 9.97. The van der Waals surface area contributed by atoms with Gasteiger partial charge in [0.25, 0.3) is 0 Å². The summed E-state index contributed by atoms with van der Waals surface area (Å²) in [6.45, 7) is 2.52. The first-order valence-corrected chi connectivity index (χ1v) is 18.7. The molecule has 0 bridgehead atoms. The van der Waals surface area contributed by atoms with Crippen molar-refractivity contribution in [2.75, 3.05) is 40.5 Å². The summed E-state index contributed by atoms with van der Waals surface area (Å²) in [6.07, 6.45) is 0.917. The van der Waals surface area contributed by atoms with Crippen molar-refractivity contribution in [1.82, 2.24) is 40.4 Å². The maximum absolute atomic E-state index is 13.1. The van der Waals surface area contributed by atoms with Crippen LogP contribution in [0.25, 0.3) is 44.2 Å². The van der Waals surface area contributed by atoms with Gasteiger partial charge < -0.3 is 49.3 Å². The van der Waals surface area contributed by atoms with E-state index in [9.17, 15) is 28.0 Å². The first-order chi connectivity index (χ1) is 27.9. The largest absolute Gasteiger partial charge is 0.488 e. The van der Waals surface area contributed by atoms with Gasteiger partial charge in [-0.3, -0.25) is 9.59 Å². The highest BCUT2D eigenvalue weighted by molar-refractivity contribution is 6.07. The Kier molecular flexibility index (Phi) is 13.1. The second-order valence-corrected chi connectivity index (χ2v) is 14.1. The number of carbonyl (C=O) groups excluding carboxylic acids is 4. The smallest absolute Gasteiger partial charge is 0.407 e. The van der Waals surface area contributed by atoms with Crippen LogP contribution < -0.4 is 15.4 Å². The number of hydrogen-bond acceptors (Lipinski definition) is 10. The lowest BCUT2D eigenvalue weighted by molar-refractivity contribution is -0.142. The molecule has 0 unspecified atom stereocenters. The van der Waals surface area contributed by atoms with Crippen LogP contribution in [0.5, 0.6) is 5.75 Å². The Morgan fingerprint density at radius 2 is 1.66 bits per heavy atom. The topological polar surface area (TPSA) is 193 Å². The molecule has 1 aliphatic rings. The van der Waals surface area contributed by atoms with Crippen LogP contribution in [-0.2, 0) is 43.5 Å². The van der Waals surface area contributed by atoms with Gasteiger partial charge >= 0.3 is 18.8 Å². The molecule has 0 spiro atoms. The minimum atomic E-state index is -2.93. The molecule has 3 aromatic carbocycles. The molecule has 2 aromatic heterocycles. The summed E-state index contributed by atoms with van der Waals surface area (Å²) < 4.78 is 45.2. The van der Waals surface area contributed by atoms with Crippen molar-refractivity contribution in [3.63, 3.8) is 0 Å². The zero-order valence-electron chi connectivity index (χ0n) is 32.8. The molecule has 16 nitrogen and oxygen atoms in total. The summed E-state index contributed by atoms with van der Waals surface area (Å²) >= 11 is 0. The molecule has 18 heteroatoms. The second kappa shape index (κ2) is 18.3. The van der Waals surface area contributed by atoms with Gasteiger partial charge in [-0.1, -0.05) is 32.0 Å². The number of aromatic nitrogens is 4. The number of imidazole rings is 2. The first kappa shape index (κ1) is 41.3. The maximum Gasteiger partial charge on any atom is 0.407 e. The molecule has 1 aliphatic heterocycles. The van der Waals surface area contributed by atoms with Gasteiger partial charge in [-0.15, -0.1) is 0 Å². The van der Waals surface area contributed by atoms with Crippen molar-refractivity contribution in [2.45, 2.75) is 59.5 Å². The third-order valence-corrected chi connectivity index (χ3v) is 9.97. The number of rotatable bonds is 16. The maximum atomic E-state index is 13.1. The van der Waals surface area contributed by atoms with Gasteiger partial charge in [0.2, 0.25) is 11.8 Å². The molecule has 308 valence electrons. The van der Waals surface area contributed by atoms with Crippen LogP contribution in [-0.4, -0.2) is 107 Å². The highest BCUT2D eigenvalue weighted by atomic mass is 19.3. The summed E-state index contributed by atoms with van der Waals surface area (Å²) in [7, 11) is 2.43. The predicted octanol–water partition coefficient (Wildman–Crippen LogP) is 5.71. The number of methoxy groups -OCH3 is 2. The molecule has 3 heterocycles. The Labute approximate surface area is 332 Å². The van der Waals surface area contributed by atoms with Crippen LogP contribution in [0.1, 0.15) is 44.4 Å². The van der Waals surface area contributed by atoms with E-state index >= 15 is 0 Å². The van der Waals surface area contributed by atoms with Gasteiger partial charge in [0, 0.05) is 23.5 Å². The highest BCUT2D eigenvalue weighted by Gasteiger charge is 2.25. The van der Waals surface area contributed by atoms with Gasteiger partial charge in [0.1, 0.15) is 37.1 Å². The van der Waals surface area contributed by atoms with E-state index in [1.165, 1.54) is 19.1 Å². The van der Waals surface area contributed by atoms with E-state index in [4.69, 9.17) is 9.72 Å². The number of benzene rings is 3. The normalized spacial score (nSPS) is 13.0. The fourth-order valence-electron chi connectivity index (χ4n) is 6.80. The van der Waals surface area contributed by atoms with E-state index in [0.717, 1.165) is 44.1 Å². The van der Waals surface area contributed by atoms with Crippen LogP contribution in [0.2, 0.25) is 0 Å². The van der Waals surface area contributed by atoms with Gasteiger partial charge in [-0.25, -0.2) is 19.6 Å². The number of nitrogens with one attached hydrogen (secondary N) is 4. The van der Waals surface area contributed by atoms with E-state index in [1.807, 2.05) is 50.2 Å². The van der Waals surface area contributed by atoms with Gasteiger partial charge in [-0.05, 0) is 65.6 Å². The molecule has 4 amide bonds. The lowest BCUT2D eigenvalue weighted by atomic mass is 9.92. The molecule has 58 heavy (non-hydrogen) atoms. The number of alkyl carbamates (subject to hydrolysis) is 2. The van der Waals surface area contributed by atoms with Gasteiger partial charge in [-0.2, -0.15) is 8.78 Å². The van der Waals surface area contributed by atoms with Crippen LogP contribution in [0, 0.1) is 5.92 Å². The summed E-state index contributed by atoms with van der Waals surface area (Å²) in [5, 5.41) is 6.66. The van der Waals surface area contributed by atoms with Crippen molar-refractivity contribution in [3.05, 3.63) is 65.9 Å². The number of hydrogen-bond donors (Lipinski definition) is 4. The number of aromatic amines is 2. The number of H-pyrrole nitrogens is 2. The number of halogens is 2. The Balaban J connectivity index is 1.20. The molecule has 0 aliphatic carbocycles. The van der Waals surface area contributed by atoms with Crippen LogP contribution in [0.3, 0.4) is 0 Å². The third kappa shape index (κ3) is 9.62. The summed E-state index contributed by atoms with van der Waals surface area (Å²) in [6, 6.07) is 13.9. The quantitative estimate of drug-likeness (QED) is 0.0961. The molecule has 0 saturated heterocycles. The molecular formula is C40H46F2N8O8. The number of alkyl halides is 2. The summed E-state index contributed by atoms with van der Waals surface area (Å²) in [5.41, 5.74) is 5.98. The lowest BCUT2D eigenvalue weighted by Gasteiger charge is -2.27. The predicted molar refractivity (Wildman–Crippen MR) is 209 cm³/mol. The van der Waals surface area contributed by atoms with Crippen molar-refractivity contribution in [2.24, 2.45) is 5.92 Å². The van der Waals surface area contributed by atoms with Crippen LogP contribution in [0.4, 0.5) is 18.4 Å². The molecule has 5 aromatic rings. The fourth-order valence-corrected chi connectivity index (χ4v) is 6.80.